The highest BCUT2D eigenvalue weighted by Gasteiger charge is 2.10. The minimum atomic E-state index is -0.185. The number of anilines is 1. The number of nitrogens with zero attached hydrogens (tertiary/aromatic N) is 1. The molecule has 0 aliphatic heterocycles. The summed E-state index contributed by atoms with van der Waals surface area (Å²) in [7, 11) is 0. The maximum atomic E-state index is 12.1. The maximum absolute atomic E-state index is 12.1. The molecule has 1 heterocycles. The zero-order valence-electron chi connectivity index (χ0n) is 12.1. The number of aryl methyl sites for hydroxylation is 1. The van der Waals surface area contributed by atoms with Crippen molar-refractivity contribution < 1.29 is 4.79 Å². The van der Waals surface area contributed by atoms with Crippen molar-refractivity contribution in [1.29, 1.82) is 0 Å². The lowest BCUT2D eigenvalue weighted by Crippen LogP contribution is -2.23. The van der Waals surface area contributed by atoms with Crippen LogP contribution in [0, 0.1) is 6.92 Å². The van der Waals surface area contributed by atoms with Crippen LogP contribution >= 0.6 is 11.6 Å². The summed E-state index contributed by atoms with van der Waals surface area (Å²) in [6.45, 7) is 5.19. The first-order valence-electron chi connectivity index (χ1n) is 6.84. The van der Waals surface area contributed by atoms with Crippen LogP contribution in [-0.4, -0.2) is 17.4 Å². The molecule has 0 saturated heterocycles. The first-order valence-corrected chi connectivity index (χ1v) is 7.21. The fourth-order valence-corrected chi connectivity index (χ4v) is 2.18. The van der Waals surface area contributed by atoms with Gasteiger partial charge in [0.1, 0.15) is 5.82 Å². The lowest BCUT2D eigenvalue weighted by molar-refractivity contribution is 0.0950. The second-order valence-electron chi connectivity index (χ2n) is 4.69. The fourth-order valence-electron chi connectivity index (χ4n) is 1.95. The SMILES string of the molecule is CCNc1ncc(C(=O)NCc2ccccc2C)cc1Cl. The van der Waals surface area contributed by atoms with Crippen LogP contribution in [0.4, 0.5) is 5.82 Å². The monoisotopic (exact) mass is 303 g/mol. The second kappa shape index (κ2) is 7.09. The zero-order valence-corrected chi connectivity index (χ0v) is 12.9. The van der Waals surface area contributed by atoms with Gasteiger partial charge in [0.25, 0.3) is 5.91 Å². The molecule has 2 rings (SSSR count). The van der Waals surface area contributed by atoms with Gasteiger partial charge in [-0.15, -0.1) is 0 Å². The van der Waals surface area contributed by atoms with E-state index in [0.717, 1.165) is 17.7 Å². The number of halogens is 1. The molecular formula is C16H18ClN3O. The van der Waals surface area contributed by atoms with E-state index in [9.17, 15) is 4.79 Å². The Balaban J connectivity index is 2.04. The summed E-state index contributed by atoms with van der Waals surface area (Å²) in [5.41, 5.74) is 2.70. The van der Waals surface area contributed by atoms with E-state index in [0.29, 0.717) is 22.9 Å². The van der Waals surface area contributed by atoms with Crippen LogP contribution in [0.5, 0.6) is 0 Å². The molecule has 0 aliphatic rings. The Morgan fingerprint density at radius 2 is 2.10 bits per heavy atom. The number of benzene rings is 1. The number of rotatable bonds is 5. The summed E-state index contributed by atoms with van der Waals surface area (Å²) < 4.78 is 0. The number of amides is 1. The summed E-state index contributed by atoms with van der Waals surface area (Å²) in [6, 6.07) is 9.57. The van der Waals surface area contributed by atoms with Crippen molar-refractivity contribution in [2.75, 3.05) is 11.9 Å². The highest BCUT2D eigenvalue weighted by atomic mass is 35.5. The summed E-state index contributed by atoms with van der Waals surface area (Å²) >= 11 is 6.09. The van der Waals surface area contributed by atoms with E-state index >= 15 is 0 Å². The molecule has 1 amide bonds. The normalized spacial score (nSPS) is 10.2. The van der Waals surface area contributed by atoms with Gasteiger partial charge in [-0.3, -0.25) is 4.79 Å². The second-order valence-corrected chi connectivity index (χ2v) is 5.10. The topological polar surface area (TPSA) is 54.0 Å². The number of pyridine rings is 1. The van der Waals surface area contributed by atoms with Crippen LogP contribution < -0.4 is 10.6 Å². The molecular weight excluding hydrogens is 286 g/mol. The van der Waals surface area contributed by atoms with Crippen molar-refractivity contribution in [2.24, 2.45) is 0 Å². The maximum Gasteiger partial charge on any atom is 0.253 e. The summed E-state index contributed by atoms with van der Waals surface area (Å²) in [5, 5.41) is 6.35. The number of hydrogen-bond acceptors (Lipinski definition) is 3. The fraction of sp³-hybridized carbons (Fsp3) is 0.250. The number of aromatic nitrogens is 1. The van der Waals surface area contributed by atoms with Gasteiger partial charge in [0.2, 0.25) is 0 Å². The van der Waals surface area contributed by atoms with Gasteiger partial charge < -0.3 is 10.6 Å². The highest BCUT2D eigenvalue weighted by Crippen LogP contribution is 2.19. The molecule has 0 radical (unpaired) electrons. The van der Waals surface area contributed by atoms with Crippen LogP contribution in [0.1, 0.15) is 28.4 Å². The molecule has 0 atom stereocenters. The van der Waals surface area contributed by atoms with Crippen molar-refractivity contribution in [2.45, 2.75) is 20.4 Å². The quantitative estimate of drug-likeness (QED) is 0.890. The van der Waals surface area contributed by atoms with Gasteiger partial charge in [-0.05, 0) is 31.0 Å². The molecule has 1 aromatic heterocycles. The van der Waals surface area contributed by atoms with Gasteiger partial charge in [-0.2, -0.15) is 0 Å². The lowest BCUT2D eigenvalue weighted by atomic mass is 10.1. The molecule has 0 bridgehead atoms. The molecule has 1 aromatic carbocycles. The van der Waals surface area contributed by atoms with Gasteiger partial charge in [0.15, 0.2) is 0 Å². The van der Waals surface area contributed by atoms with Crippen LogP contribution in [-0.2, 0) is 6.54 Å². The van der Waals surface area contributed by atoms with Crippen molar-refractivity contribution >= 4 is 23.3 Å². The van der Waals surface area contributed by atoms with Crippen LogP contribution in [0.15, 0.2) is 36.5 Å². The van der Waals surface area contributed by atoms with Crippen molar-refractivity contribution in [3.63, 3.8) is 0 Å². The summed E-state index contributed by atoms with van der Waals surface area (Å²) in [5.74, 6) is 0.408. The highest BCUT2D eigenvalue weighted by molar-refractivity contribution is 6.33. The molecule has 0 spiro atoms. The van der Waals surface area contributed by atoms with E-state index in [2.05, 4.69) is 15.6 Å². The van der Waals surface area contributed by atoms with E-state index in [-0.39, 0.29) is 5.91 Å². The van der Waals surface area contributed by atoms with E-state index < -0.39 is 0 Å². The molecule has 21 heavy (non-hydrogen) atoms. The van der Waals surface area contributed by atoms with Crippen molar-refractivity contribution in [3.05, 3.63) is 58.2 Å². The van der Waals surface area contributed by atoms with Crippen molar-refractivity contribution in [3.8, 4) is 0 Å². The van der Waals surface area contributed by atoms with Gasteiger partial charge in [-0.25, -0.2) is 4.98 Å². The van der Waals surface area contributed by atoms with E-state index in [1.807, 2.05) is 38.1 Å². The van der Waals surface area contributed by atoms with Gasteiger partial charge in [0.05, 0.1) is 10.6 Å². The Hall–Kier alpha value is -2.07. The number of carbonyl (C=O) groups excluding carboxylic acids is 1. The van der Waals surface area contributed by atoms with Crippen LogP contribution in [0.25, 0.3) is 0 Å². The third kappa shape index (κ3) is 3.95. The van der Waals surface area contributed by atoms with Crippen molar-refractivity contribution in [1.82, 2.24) is 10.3 Å². The van der Waals surface area contributed by atoms with Crippen LogP contribution in [0.2, 0.25) is 5.02 Å². The molecule has 0 unspecified atom stereocenters. The lowest BCUT2D eigenvalue weighted by Gasteiger charge is -2.09. The van der Waals surface area contributed by atoms with E-state index in [4.69, 9.17) is 11.6 Å². The number of nitrogens with one attached hydrogen (secondary N) is 2. The van der Waals surface area contributed by atoms with Gasteiger partial charge in [-0.1, -0.05) is 35.9 Å². The third-order valence-corrected chi connectivity index (χ3v) is 3.44. The standard InChI is InChI=1S/C16H18ClN3O/c1-3-18-15-14(17)8-13(10-19-15)16(21)20-9-12-7-5-4-6-11(12)2/h4-8,10H,3,9H2,1-2H3,(H,18,19)(H,20,21). The Labute approximate surface area is 129 Å². The molecule has 4 nitrogen and oxygen atoms in total. The third-order valence-electron chi connectivity index (χ3n) is 3.15. The molecule has 0 saturated carbocycles. The molecule has 0 aliphatic carbocycles. The summed E-state index contributed by atoms with van der Waals surface area (Å²) in [6.07, 6.45) is 1.52. The molecule has 2 aromatic rings. The van der Waals surface area contributed by atoms with E-state index in [1.165, 1.54) is 6.20 Å². The van der Waals surface area contributed by atoms with E-state index in [1.54, 1.807) is 6.07 Å². The van der Waals surface area contributed by atoms with Gasteiger partial charge in [0, 0.05) is 19.3 Å². The molecule has 5 heteroatoms. The minimum Gasteiger partial charge on any atom is -0.369 e. The van der Waals surface area contributed by atoms with Gasteiger partial charge >= 0.3 is 0 Å². The minimum absolute atomic E-state index is 0.185. The zero-order chi connectivity index (χ0) is 15.2. The Bertz CT molecular complexity index is 643. The summed E-state index contributed by atoms with van der Waals surface area (Å²) in [4.78, 5) is 16.3. The predicted molar refractivity (Wildman–Crippen MR) is 85.8 cm³/mol. The first-order chi connectivity index (χ1) is 10.1. The Morgan fingerprint density at radius 1 is 1.33 bits per heavy atom. The molecule has 0 fully saturated rings. The first kappa shape index (κ1) is 15.3. The Kier molecular flexibility index (Phi) is 5.17. The predicted octanol–water partition coefficient (Wildman–Crippen LogP) is 3.41. The molecule has 2 N–H and O–H groups in total. The number of hydrogen-bond donors (Lipinski definition) is 2. The number of carbonyl (C=O) groups is 1. The average Bonchev–Trinajstić information content (AvgIpc) is 2.48. The average molecular weight is 304 g/mol. The largest absolute Gasteiger partial charge is 0.369 e. The molecule has 110 valence electrons. The Morgan fingerprint density at radius 3 is 2.76 bits per heavy atom. The smallest absolute Gasteiger partial charge is 0.253 e. The van der Waals surface area contributed by atoms with Crippen LogP contribution in [0.3, 0.4) is 0 Å².